The zero-order valence-electron chi connectivity index (χ0n) is 6.70. The maximum Gasteiger partial charge on any atom is 0.195 e. The summed E-state index contributed by atoms with van der Waals surface area (Å²) in [6, 6.07) is 7.62. The van der Waals surface area contributed by atoms with E-state index in [-0.39, 0.29) is 5.78 Å². The highest BCUT2D eigenvalue weighted by Gasteiger charge is 2.08. The number of fused-ring (bicyclic) bond motifs is 1. The third-order valence-electron chi connectivity index (χ3n) is 1.83. The molecule has 0 aliphatic heterocycles. The lowest BCUT2D eigenvalue weighted by Crippen LogP contribution is -1.87. The third kappa shape index (κ3) is 0.925. The summed E-state index contributed by atoms with van der Waals surface area (Å²) in [5.41, 5.74) is 0. The van der Waals surface area contributed by atoms with Crippen LogP contribution in [0.4, 0.5) is 0 Å². The first-order chi connectivity index (χ1) is 5.79. The molecule has 0 amide bonds. The first-order valence-corrected chi connectivity index (χ1v) is 3.76. The second-order valence-corrected chi connectivity index (χ2v) is 2.71. The summed E-state index contributed by atoms with van der Waals surface area (Å²) in [5.74, 6) is 0.418. The number of ketones is 1. The van der Waals surface area contributed by atoms with Gasteiger partial charge in [-0.25, -0.2) is 0 Å². The van der Waals surface area contributed by atoms with Gasteiger partial charge in [0, 0.05) is 17.7 Å². The van der Waals surface area contributed by atoms with Gasteiger partial charge in [0.05, 0.1) is 6.26 Å². The molecule has 0 atom stereocenters. The van der Waals surface area contributed by atoms with Crippen molar-refractivity contribution in [3.63, 3.8) is 0 Å². The van der Waals surface area contributed by atoms with Gasteiger partial charge < -0.3 is 4.42 Å². The third-order valence-corrected chi connectivity index (χ3v) is 1.83. The van der Waals surface area contributed by atoms with Crippen molar-refractivity contribution < 1.29 is 9.21 Å². The molecule has 2 aromatic rings. The summed E-state index contributed by atoms with van der Waals surface area (Å²) in [6.45, 7) is 1.51. The van der Waals surface area contributed by atoms with Crippen molar-refractivity contribution in [3.05, 3.63) is 36.3 Å². The number of Topliss-reactive ketones (excluding diaryl/α,β-unsaturated/α-hetero) is 1. The predicted octanol–water partition coefficient (Wildman–Crippen LogP) is 2.64. The molecule has 0 saturated heterocycles. The summed E-state index contributed by atoms with van der Waals surface area (Å²) < 4.78 is 5.13. The van der Waals surface area contributed by atoms with Crippen LogP contribution < -0.4 is 0 Å². The normalized spacial score (nSPS) is 10.4. The molecule has 0 N–H and O–H groups in total. The Labute approximate surface area is 69.8 Å². The topological polar surface area (TPSA) is 30.2 Å². The van der Waals surface area contributed by atoms with Gasteiger partial charge in [-0.3, -0.25) is 4.79 Å². The van der Waals surface area contributed by atoms with Crippen molar-refractivity contribution in [1.82, 2.24) is 0 Å². The molecule has 1 aromatic heterocycles. The molecule has 0 bridgehead atoms. The van der Waals surface area contributed by atoms with Crippen LogP contribution >= 0.6 is 0 Å². The molecule has 0 aliphatic rings. The van der Waals surface area contributed by atoms with Crippen LogP contribution in [0.3, 0.4) is 0 Å². The highest BCUT2D eigenvalue weighted by Crippen LogP contribution is 2.20. The second-order valence-electron chi connectivity index (χ2n) is 2.71. The van der Waals surface area contributed by atoms with Crippen LogP contribution in [-0.2, 0) is 0 Å². The van der Waals surface area contributed by atoms with E-state index in [2.05, 4.69) is 0 Å². The first kappa shape index (κ1) is 7.10. The van der Waals surface area contributed by atoms with E-state index in [9.17, 15) is 4.79 Å². The van der Waals surface area contributed by atoms with E-state index in [0.717, 1.165) is 10.8 Å². The Morgan fingerprint density at radius 3 is 2.83 bits per heavy atom. The standard InChI is InChI=1S/C10H8O2/c1-7(11)10-9-5-3-2-4-8(9)6-12-10/h2-6H,1H3. The van der Waals surface area contributed by atoms with Gasteiger partial charge in [0.2, 0.25) is 0 Å². The van der Waals surface area contributed by atoms with E-state index in [1.54, 1.807) is 6.26 Å². The summed E-state index contributed by atoms with van der Waals surface area (Å²) in [5, 5.41) is 1.87. The SMILES string of the molecule is CC(=O)c1occ2ccccc12. The molecular weight excluding hydrogens is 152 g/mol. The fourth-order valence-electron chi connectivity index (χ4n) is 1.27. The number of hydrogen-bond acceptors (Lipinski definition) is 2. The molecule has 0 fully saturated rings. The summed E-state index contributed by atoms with van der Waals surface area (Å²) in [4.78, 5) is 11.0. The number of carbonyl (C=O) groups is 1. The van der Waals surface area contributed by atoms with Crippen LogP contribution in [0.25, 0.3) is 10.8 Å². The Bertz CT molecular complexity index is 426. The zero-order chi connectivity index (χ0) is 8.55. The van der Waals surface area contributed by atoms with Gasteiger partial charge in [-0.1, -0.05) is 24.3 Å². The Balaban J connectivity index is 2.79. The minimum absolute atomic E-state index is 0.0313. The van der Waals surface area contributed by atoms with E-state index < -0.39 is 0 Å². The maximum atomic E-state index is 11.0. The number of benzene rings is 1. The molecule has 60 valence electrons. The molecule has 0 spiro atoms. The average molecular weight is 160 g/mol. The molecule has 12 heavy (non-hydrogen) atoms. The molecule has 0 radical (unpaired) electrons. The van der Waals surface area contributed by atoms with Gasteiger partial charge in [0.25, 0.3) is 0 Å². The van der Waals surface area contributed by atoms with Gasteiger partial charge in [-0.15, -0.1) is 0 Å². The minimum Gasteiger partial charge on any atom is -0.460 e. The van der Waals surface area contributed by atoms with E-state index in [0.29, 0.717) is 5.76 Å². The van der Waals surface area contributed by atoms with E-state index in [4.69, 9.17) is 4.42 Å². The molecule has 2 nitrogen and oxygen atoms in total. The number of carbonyl (C=O) groups excluding carboxylic acids is 1. The van der Waals surface area contributed by atoms with Crippen LogP contribution in [0.2, 0.25) is 0 Å². The molecule has 2 heteroatoms. The lowest BCUT2D eigenvalue weighted by molar-refractivity contribution is 0.0989. The second kappa shape index (κ2) is 2.48. The first-order valence-electron chi connectivity index (χ1n) is 3.76. The van der Waals surface area contributed by atoms with Crippen LogP contribution in [0, 0.1) is 0 Å². The molecule has 0 unspecified atom stereocenters. The largest absolute Gasteiger partial charge is 0.460 e. The average Bonchev–Trinajstić information content (AvgIpc) is 2.47. The van der Waals surface area contributed by atoms with Gasteiger partial charge in [-0.05, 0) is 0 Å². The Hall–Kier alpha value is -1.57. The number of hydrogen-bond donors (Lipinski definition) is 0. The lowest BCUT2D eigenvalue weighted by Gasteiger charge is -1.88. The number of furan rings is 1. The molecule has 0 saturated carbocycles. The summed E-state index contributed by atoms with van der Waals surface area (Å²) in [7, 11) is 0. The van der Waals surface area contributed by atoms with Crippen molar-refractivity contribution in [2.75, 3.05) is 0 Å². The molecule has 0 aliphatic carbocycles. The van der Waals surface area contributed by atoms with Crippen molar-refractivity contribution >= 4 is 16.6 Å². The molecular formula is C10H8O2. The summed E-state index contributed by atoms with van der Waals surface area (Å²) in [6.07, 6.45) is 1.60. The van der Waals surface area contributed by atoms with E-state index in [1.165, 1.54) is 6.92 Å². The van der Waals surface area contributed by atoms with Gasteiger partial charge >= 0.3 is 0 Å². The van der Waals surface area contributed by atoms with Crippen LogP contribution in [0.1, 0.15) is 17.5 Å². The summed E-state index contributed by atoms with van der Waals surface area (Å²) >= 11 is 0. The Morgan fingerprint density at radius 1 is 1.33 bits per heavy atom. The smallest absolute Gasteiger partial charge is 0.195 e. The highest BCUT2D eigenvalue weighted by atomic mass is 16.3. The van der Waals surface area contributed by atoms with Crippen molar-refractivity contribution in [2.45, 2.75) is 6.92 Å². The van der Waals surface area contributed by atoms with Crippen molar-refractivity contribution in [3.8, 4) is 0 Å². The monoisotopic (exact) mass is 160 g/mol. The molecule has 1 heterocycles. The molecule has 2 rings (SSSR count). The number of rotatable bonds is 1. The fraction of sp³-hybridized carbons (Fsp3) is 0.100. The van der Waals surface area contributed by atoms with Crippen molar-refractivity contribution in [1.29, 1.82) is 0 Å². The van der Waals surface area contributed by atoms with E-state index >= 15 is 0 Å². The maximum absolute atomic E-state index is 11.0. The van der Waals surface area contributed by atoms with Crippen molar-refractivity contribution in [2.24, 2.45) is 0 Å². The molecule has 1 aromatic carbocycles. The zero-order valence-corrected chi connectivity index (χ0v) is 6.70. The van der Waals surface area contributed by atoms with Gasteiger partial charge in [0.15, 0.2) is 11.5 Å². The lowest BCUT2D eigenvalue weighted by atomic mass is 10.1. The van der Waals surface area contributed by atoms with Gasteiger partial charge in [0.1, 0.15) is 0 Å². The quantitative estimate of drug-likeness (QED) is 0.600. The Morgan fingerprint density at radius 2 is 2.08 bits per heavy atom. The van der Waals surface area contributed by atoms with E-state index in [1.807, 2.05) is 24.3 Å². The highest BCUT2D eigenvalue weighted by molar-refractivity contribution is 6.04. The minimum atomic E-state index is -0.0313. The van der Waals surface area contributed by atoms with Crippen LogP contribution in [-0.4, -0.2) is 5.78 Å². The van der Waals surface area contributed by atoms with Crippen LogP contribution in [0.15, 0.2) is 34.9 Å². The fourth-order valence-corrected chi connectivity index (χ4v) is 1.27. The van der Waals surface area contributed by atoms with Crippen LogP contribution in [0.5, 0.6) is 0 Å². The predicted molar refractivity (Wildman–Crippen MR) is 46.2 cm³/mol. The van der Waals surface area contributed by atoms with Gasteiger partial charge in [-0.2, -0.15) is 0 Å². The Kier molecular flexibility index (Phi) is 1.47.